The molecule has 0 bridgehead atoms. The van der Waals surface area contributed by atoms with E-state index in [1.54, 1.807) is 36.5 Å². The Bertz CT molecular complexity index is 573. The second-order valence-electron chi connectivity index (χ2n) is 3.17. The van der Waals surface area contributed by atoms with Gasteiger partial charge in [-0.3, -0.25) is 0 Å². The van der Waals surface area contributed by atoms with E-state index in [2.05, 4.69) is 4.98 Å². The van der Waals surface area contributed by atoms with Gasteiger partial charge >= 0.3 is 0 Å². The van der Waals surface area contributed by atoms with Crippen molar-refractivity contribution in [2.45, 2.75) is 0 Å². The van der Waals surface area contributed by atoms with Crippen molar-refractivity contribution < 1.29 is 0 Å². The van der Waals surface area contributed by atoms with Gasteiger partial charge in [0.05, 0.1) is 0 Å². The molecular weight excluding hydrogens is 243 g/mol. The standard InChI is InChI=1S/C12H6Cl2N2/c13-9-1-2-12(14)11(6-9)8-3-4-16-10(5-8)7-15/h1-6H. The minimum Gasteiger partial charge on any atom is -0.246 e. The van der Waals surface area contributed by atoms with E-state index in [0.717, 1.165) is 11.1 Å². The van der Waals surface area contributed by atoms with Crippen molar-refractivity contribution in [3.8, 4) is 17.2 Å². The summed E-state index contributed by atoms with van der Waals surface area (Å²) in [7, 11) is 0. The first-order valence-electron chi connectivity index (χ1n) is 4.52. The first kappa shape index (κ1) is 10.9. The molecule has 0 amide bonds. The van der Waals surface area contributed by atoms with Crippen LogP contribution < -0.4 is 0 Å². The van der Waals surface area contributed by atoms with Crippen LogP contribution in [0, 0.1) is 11.3 Å². The number of pyridine rings is 1. The van der Waals surface area contributed by atoms with Crippen molar-refractivity contribution in [1.29, 1.82) is 5.26 Å². The van der Waals surface area contributed by atoms with Gasteiger partial charge in [0.2, 0.25) is 0 Å². The monoisotopic (exact) mass is 248 g/mol. The number of hydrogen-bond donors (Lipinski definition) is 0. The molecule has 1 heterocycles. The molecule has 2 nitrogen and oxygen atoms in total. The lowest BCUT2D eigenvalue weighted by atomic mass is 10.1. The Hall–Kier alpha value is -1.56. The highest BCUT2D eigenvalue weighted by Gasteiger charge is 2.05. The summed E-state index contributed by atoms with van der Waals surface area (Å²) in [6, 6.07) is 10.7. The summed E-state index contributed by atoms with van der Waals surface area (Å²) >= 11 is 12.0. The van der Waals surface area contributed by atoms with E-state index in [1.165, 1.54) is 0 Å². The van der Waals surface area contributed by atoms with Gasteiger partial charge in [-0.15, -0.1) is 0 Å². The fourth-order valence-electron chi connectivity index (χ4n) is 1.38. The molecule has 2 rings (SSSR count). The Balaban J connectivity index is 2.58. The maximum Gasteiger partial charge on any atom is 0.141 e. The lowest BCUT2D eigenvalue weighted by Gasteiger charge is -2.04. The van der Waals surface area contributed by atoms with Gasteiger partial charge in [-0.05, 0) is 35.9 Å². The van der Waals surface area contributed by atoms with Crippen LogP contribution in [0.5, 0.6) is 0 Å². The number of hydrogen-bond acceptors (Lipinski definition) is 2. The van der Waals surface area contributed by atoms with Gasteiger partial charge in [0.1, 0.15) is 11.8 Å². The molecule has 0 radical (unpaired) electrons. The van der Waals surface area contributed by atoms with Crippen molar-refractivity contribution >= 4 is 23.2 Å². The number of rotatable bonds is 1. The van der Waals surface area contributed by atoms with Crippen LogP contribution in [0.25, 0.3) is 11.1 Å². The minimum atomic E-state index is 0.355. The first-order chi connectivity index (χ1) is 7.70. The van der Waals surface area contributed by atoms with Gasteiger partial charge in [0.25, 0.3) is 0 Å². The van der Waals surface area contributed by atoms with Gasteiger partial charge in [0, 0.05) is 21.8 Å². The summed E-state index contributed by atoms with van der Waals surface area (Å²) in [5.41, 5.74) is 1.99. The van der Waals surface area contributed by atoms with E-state index in [1.807, 2.05) is 6.07 Å². The second kappa shape index (κ2) is 4.52. The fourth-order valence-corrected chi connectivity index (χ4v) is 1.78. The number of nitriles is 1. The molecule has 0 aliphatic rings. The zero-order valence-corrected chi connectivity index (χ0v) is 9.63. The predicted octanol–water partition coefficient (Wildman–Crippen LogP) is 3.93. The molecule has 1 aromatic carbocycles. The molecule has 1 aromatic heterocycles. The molecule has 0 unspecified atom stereocenters. The Morgan fingerprint density at radius 1 is 1.12 bits per heavy atom. The summed E-state index contributed by atoms with van der Waals surface area (Å²) in [6.07, 6.45) is 1.57. The molecular formula is C12H6Cl2N2. The van der Waals surface area contributed by atoms with E-state index >= 15 is 0 Å². The summed E-state index contributed by atoms with van der Waals surface area (Å²) in [5.74, 6) is 0. The lowest BCUT2D eigenvalue weighted by Crippen LogP contribution is -1.85. The van der Waals surface area contributed by atoms with E-state index in [-0.39, 0.29) is 0 Å². The van der Waals surface area contributed by atoms with Crippen molar-refractivity contribution in [3.05, 3.63) is 52.3 Å². The molecule has 78 valence electrons. The zero-order chi connectivity index (χ0) is 11.5. The van der Waals surface area contributed by atoms with Crippen LogP contribution in [-0.4, -0.2) is 4.98 Å². The molecule has 4 heteroatoms. The van der Waals surface area contributed by atoms with Crippen molar-refractivity contribution in [3.63, 3.8) is 0 Å². The van der Waals surface area contributed by atoms with E-state index in [9.17, 15) is 0 Å². The quantitative estimate of drug-likeness (QED) is 0.767. The summed E-state index contributed by atoms with van der Waals surface area (Å²) in [6.45, 7) is 0. The fraction of sp³-hybridized carbons (Fsp3) is 0. The third-order valence-electron chi connectivity index (χ3n) is 2.11. The Labute approximate surface area is 103 Å². The van der Waals surface area contributed by atoms with Crippen LogP contribution >= 0.6 is 23.2 Å². The van der Waals surface area contributed by atoms with E-state index in [0.29, 0.717) is 15.7 Å². The molecule has 0 atom stereocenters. The van der Waals surface area contributed by atoms with Crippen LogP contribution in [-0.2, 0) is 0 Å². The van der Waals surface area contributed by atoms with Crippen LogP contribution in [0.4, 0.5) is 0 Å². The molecule has 0 aliphatic carbocycles. The van der Waals surface area contributed by atoms with E-state index in [4.69, 9.17) is 28.5 Å². The second-order valence-corrected chi connectivity index (χ2v) is 4.01. The van der Waals surface area contributed by atoms with Crippen molar-refractivity contribution in [2.75, 3.05) is 0 Å². The Kier molecular flexibility index (Phi) is 3.09. The number of halogens is 2. The third-order valence-corrected chi connectivity index (χ3v) is 2.68. The minimum absolute atomic E-state index is 0.355. The largest absolute Gasteiger partial charge is 0.246 e. The van der Waals surface area contributed by atoms with Gasteiger partial charge in [0.15, 0.2) is 0 Å². The molecule has 2 aromatic rings. The maximum absolute atomic E-state index is 8.76. The highest BCUT2D eigenvalue weighted by Crippen LogP contribution is 2.30. The average molecular weight is 249 g/mol. The average Bonchev–Trinajstić information content (AvgIpc) is 2.32. The van der Waals surface area contributed by atoms with Crippen LogP contribution in [0.1, 0.15) is 5.69 Å². The molecule has 0 saturated carbocycles. The SMILES string of the molecule is N#Cc1cc(-c2cc(Cl)ccc2Cl)ccn1. The topological polar surface area (TPSA) is 36.7 Å². The summed E-state index contributed by atoms with van der Waals surface area (Å²) in [4.78, 5) is 3.90. The van der Waals surface area contributed by atoms with Crippen molar-refractivity contribution in [2.24, 2.45) is 0 Å². The molecule has 0 saturated heterocycles. The first-order valence-corrected chi connectivity index (χ1v) is 5.28. The number of nitrogens with zero attached hydrogens (tertiary/aromatic N) is 2. The zero-order valence-electron chi connectivity index (χ0n) is 8.11. The molecule has 16 heavy (non-hydrogen) atoms. The summed E-state index contributed by atoms with van der Waals surface area (Å²) in [5, 5.41) is 9.96. The third kappa shape index (κ3) is 2.16. The highest BCUT2D eigenvalue weighted by molar-refractivity contribution is 6.35. The normalized spacial score (nSPS) is 9.81. The number of benzene rings is 1. The lowest BCUT2D eigenvalue weighted by molar-refractivity contribution is 1.26. The number of aromatic nitrogens is 1. The Morgan fingerprint density at radius 2 is 1.94 bits per heavy atom. The smallest absolute Gasteiger partial charge is 0.141 e. The van der Waals surface area contributed by atoms with Gasteiger partial charge in [-0.2, -0.15) is 5.26 Å². The van der Waals surface area contributed by atoms with Gasteiger partial charge in [-0.1, -0.05) is 23.2 Å². The Morgan fingerprint density at radius 3 is 2.69 bits per heavy atom. The van der Waals surface area contributed by atoms with Gasteiger partial charge < -0.3 is 0 Å². The predicted molar refractivity (Wildman–Crippen MR) is 64.4 cm³/mol. The molecule has 0 aliphatic heterocycles. The molecule has 0 spiro atoms. The van der Waals surface area contributed by atoms with Crippen LogP contribution in [0.2, 0.25) is 10.0 Å². The highest BCUT2D eigenvalue weighted by atomic mass is 35.5. The maximum atomic E-state index is 8.76. The van der Waals surface area contributed by atoms with E-state index < -0.39 is 0 Å². The van der Waals surface area contributed by atoms with Crippen molar-refractivity contribution in [1.82, 2.24) is 4.98 Å². The molecule has 0 fully saturated rings. The van der Waals surface area contributed by atoms with Crippen LogP contribution in [0.15, 0.2) is 36.5 Å². The molecule has 0 N–H and O–H groups in total. The van der Waals surface area contributed by atoms with Crippen LogP contribution in [0.3, 0.4) is 0 Å². The summed E-state index contributed by atoms with van der Waals surface area (Å²) < 4.78 is 0. The van der Waals surface area contributed by atoms with Gasteiger partial charge in [-0.25, -0.2) is 4.98 Å².